The zero-order valence-electron chi connectivity index (χ0n) is 49.9. The molecule has 4 aromatic carbocycles. The summed E-state index contributed by atoms with van der Waals surface area (Å²) >= 11 is 0. The van der Waals surface area contributed by atoms with Crippen molar-refractivity contribution in [3.05, 3.63) is 185 Å². The van der Waals surface area contributed by atoms with E-state index in [9.17, 15) is 52.2 Å². The lowest BCUT2D eigenvalue weighted by atomic mass is 9.87. The van der Waals surface area contributed by atoms with Crippen LogP contribution in [0.5, 0.6) is 0 Å². The topological polar surface area (TPSA) is 183 Å². The fraction of sp³-hybridized carbons (Fsp3) is 0.424. The zero-order chi connectivity index (χ0) is 61.2. The summed E-state index contributed by atoms with van der Waals surface area (Å²) in [5.41, 5.74) is 8.36. The van der Waals surface area contributed by atoms with Crippen molar-refractivity contribution in [3.63, 3.8) is 0 Å². The van der Waals surface area contributed by atoms with Crippen molar-refractivity contribution in [1.29, 1.82) is 0 Å². The molecule has 14 nitrogen and oxygen atoms in total. The van der Waals surface area contributed by atoms with Crippen LogP contribution in [-0.2, 0) is 44.6 Å². The number of aliphatic carboxylic acids is 2. The van der Waals surface area contributed by atoms with Crippen molar-refractivity contribution in [3.8, 4) is 22.3 Å². The molecule has 0 aliphatic rings. The lowest BCUT2D eigenvalue weighted by Gasteiger charge is -2.27. The van der Waals surface area contributed by atoms with E-state index in [4.69, 9.17) is 0 Å². The lowest BCUT2D eigenvalue weighted by Crippen LogP contribution is -2.40. The number of aromatic nitrogens is 2. The number of carboxylic acids is 2. The van der Waals surface area contributed by atoms with E-state index < -0.39 is 77.2 Å². The first-order valence-corrected chi connectivity index (χ1v) is 28.3. The third-order valence-electron chi connectivity index (χ3n) is 15.2. The van der Waals surface area contributed by atoms with Gasteiger partial charge in [0, 0.05) is 37.6 Å². The molecule has 0 fully saturated rings. The van der Waals surface area contributed by atoms with Gasteiger partial charge in [-0.1, -0.05) is 94.4 Å². The fourth-order valence-corrected chi connectivity index (χ4v) is 11.0. The van der Waals surface area contributed by atoms with Crippen LogP contribution in [0.3, 0.4) is 0 Å². The van der Waals surface area contributed by atoms with Gasteiger partial charge >= 0.3 is 18.1 Å². The predicted octanol–water partition coefficient (Wildman–Crippen LogP) is 11.2. The summed E-state index contributed by atoms with van der Waals surface area (Å²) in [7, 11) is 7.34. The molecule has 4 N–H and O–H groups in total. The summed E-state index contributed by atoms with van der Waals surface area (Å²) < 4.78 is 45.3. The molecule has 0 saturated carbocycles. The Kier molecular flexibility index (Phi) is 21.8. The number of benzene rings is 4. The van der Waals surface area contributed by atoms with Gasteiger partial charge in [0.05, 0.1) is 30.5 Å². The molecule has 444 valence electrons. The number of pyridine rings is 2. The molecule has 0 saturated heterocycles. The summed E-state index contributed by atoms with van der Waals surface area (Å²) in [6.45, 7) is 16.4. The Hall–Kier alpha value is -7.63. The second-order valence-corrected chi connectivity index (χ2v) is 23.5. The van der Waals surface area contributed by atoms with Gasteiger partial charge in [0.1, 0.15) is 12.1 Å². The highest BCUT2D eigenvalue weighted by Crippen LogP contribution is 2.36. The summed E-state index contributed by atoms with van der Waals surface area (Å²) in [4.78, 5) is 85.9. The van der Waals surface area contributed by atoms with Gasteiger partial charge in [-0.2, -0.15) is 13.2 Å². The van der Waals surface area contributed by atoms with Crippen LogP contribution in [0.4, 0.5) is 13.2 Å². The quantitative estimate of drug-likeness (QED) is 0.0408. The molecule has 0 radical (unpaired) electrons. The van der Waals surface area contributed by atoms with Crippen LogP contribution in [0.1, 0.15) is 139 Å². The predicted molar refractivity (Wildman–Crippen MR) is 320 cm³/mol. The second-order valence-electron chi connectivity index (χ2n) is 23.5. The first-order valence-electron chi connectivity index (χ1n) is 28.3. The molecule has 2 unspecified atom stereocenters. The number of carbonyl (C=O) groups excluding carboxylic acids is 2. The standard InChI is InChI=1S/C66H81F3N6O8/c1-39(2)28-56(64(82)70-54(35-60(78)79)46-18-14-20-48(31-46)62-41(5)16-13-17-42(62)6)74-37-50(24-26-72(9)10)52(33-58(74)76)30-45-23-22-43(7)63(44(45)8)49-21-15-19-47(32-49)55(36-61(80)81)71-65(83)57(29-40(3)4)75-38-51(25-27-73(11)12)53(34-59(75)77)66(67,68)69/h13-23,31-34,37-40,54-57H,24-30,35-36H2,1-12H3,(H,70,82)(H,71,83)(H,78,79)(H,80,81)/t54-,55-,56?,57?/m0/s1. The van der Waals surface area contributed by atoms with Crippen LogP contribution in [0.15, 0.2) is 113 Å². The highest BCUT2D eigenvalue weighted by molar-refractivity contribution is 5.83. The van der Waals surface area contributed by atoms with E-state index in [0.717, 1.165) is 72.0 Å². The number of rotatable bonds is 26. The van der Waals surface area contributed by atoms with E-state index in [1.807, 2.05) is 135 Å². The zero-order valence-corrected chi connectivity index (χ0v) is 49.9. The van der Waals surface area contributed by atoms with Gasteiger partial charge in [0.25, 0.3) is 11.1 Å². The van der Waals surface area contributed by atoms with E-state index in [2.05, 4.69) is 10.6 Å². The van der Waals surface area contributed by atoms with E-state index >= 15 is 0 Å². The number of amides is 2. The normalized spacial score (nSPS) is 13.3. The van der Waals surface area contributed by atoms with Crippen molar-refractivity contribution >= 4 is 23.8 Å². The number of halogens is 3. The monoisotopic (exact) mass is 1140 g/mol. The van der Waals surface area contributed by atoms with Crippen molar-refractivity contribution in [2.75, 3.05) is 41.3 Å². The molecule has 2 amide bonds. The highest BCUT2D eigenvalue weighted by Gasteiger charge is 2.36. The van der Waals surface area contributed by atoms with Crippen molar-refractivity contribution in [2.24, 2.45) is 11.8 Å². The molecule has 0 bridgehead atoms. The number of carbonyl (C=O) groups is 4. The number of carboxylic acid groups (broad SMARTS) is 2. The van der Waals surface area contributed by atoms with Gasteiger partial charge in [0.15, 0.2) is 0 Å². The summed E-state index contributed by atoms with van der Waals surface area (Å²) in [6, 6.07) is 22.6. The fourth-order valence-electron chi connectivity index (χ4n) is 11.0. The van der Waals surface area contributed by atoms with Gasteiger partial charge in [-0.3, -0.25) is 28.8 Å². The van der Waals surface area contributed by atoms with Gasteiger partial charge < -0.3 is 39.8 Å². The van der Waals surface area contributed by atoms with Crippen molar-refractivity contribution < 1.29 is 42.6 Å². The molecular weight excluding hydrogens is 1060 g/mol. The third kappa shape index (κ3) is 17.0. The Bertz CT molecular complexity index is 3410. The van der Waals surface area contributed by atoms with Crippen LogP contribution in [0, 0.1) is 39.5 Å². The number of hydrogen-bond acceptors (Lipinski definition) is 8. The molecule has 17 heteroatoms. The average molecular weight is 1140 g/mol. The van der Waals surface area contributed by atoms with Gasteiger partial charge in [0.2, 0.25) is 11.8 Å². The molecule has 2 heterocycles. The Balaban J connectivity index is 1.35. The minimum absolute atomic E-state index is 0.0253. The van der Waals surface area contributed by atoms with Gasteiger partial charge in [-0.25, -0.2) is 0 Å². The molecule has 2 aromatic heterocycles. The van der Waals surface area contributed by atoms with Crippen LogP contribution in [-0.4, -0.2) is 94.2 Å². The summed E-state index contributed by atoms with van der Waals surface area (Å²) in [6.07, 6.45) is -1.63. The molecule has 0 spiro atoms. The first kappa shape index (κ1) is 64.5. The maximum Gasteiger partial charge on any atom is 0.416 e. The molecule has 6 rings (SSSR count). The maximum atomic E-state index is 14.7. The number of nitrogens with one attached hydrogen (secondary N) is 2. The van der Waals surface area contributed by atoms with E-state index in [0.29, 0.717) is 43.0 Å². The molecule has 4 atom stereocenters. The Labute approximate surface area is 485 Å². The highest BCUT2D eigenvalue weighted by atomic mass is 19.4. The average Bonchev–Trinajstić information content (AvgIpc) is 3.58. The lowest BCUT2D eigenvalue weighted by molar-refractivity contribution is -0.139. The summed E-state index contributed by atoms with van der Waals surface area (Å²) in [5.74, 6) is -3.71. The number of likely N-dealkylation sites (N-methyl/N-ethyl adjacent to an activating group) is 2. The minimum Gasteiger partial charge on any atom is -0.481 e. The largest absolute Gasteiger partial charge is 0.481 e. The number of alkyl halides is 3. The number of aryl methyl sites for hydroxylation is 3. The van der Waals surface area contributed by atoms with Crippen LogP contribution in [0.2, 0.25) is 0 Å². The number of hydrogen-bond donors (Lipinski definition) is 4. The maximum absolute atomic E-state index is 14.7. The molecular formula is C66H81F3N6O8. The second kappa shape index (κ2) is 28.1. The SMILES string of the molecule is Cc1cccc(C)c1-c1cccc([C@H](CC(=O)O)NC(=O)C(CC(C)C)n2cc(CCN(C)C)c(Cc3ccc(C)c(-c4cccc([C@H](CC(=O)O)NC(=O)C(CC(C)C)n5cc(CCN(C)C)c(C(F)(F)F)cc5=O)c4)c3C)cc2=O)c1. The van der Waals surface area contributed by atoms with E-state index in [1.54, 1.807) is 49.5 Å². The third-order valence-corrected chi connectivity index (χ3v) is 15.2. The molecule has 6 aromatic rings. The van der Waals surface area contributed by atoms with Gasteiger partial charge in [-0.05, 0) is 190 Å². The minimum atomic E-state index is -4.81. The van der Waals surface area contributed by atoms with Crippen LogP contribution >= 0.6 is 0 Å². The van der Waals surface area contributed by atoms with Gasteiger partial charge in [-0.15, -0.1) is 0 Å². The van der Waals surface area contributed by atoms with E-state index in [1.165, 1.54) is 4.57 Å². The van der Waals surface area contributed by atoms with Crippen LogP contribution < -0.4 is 21.8 Å². The Morgan fingerprint density at radius 2 is 0.988 bits per heavy atom. The smallest absolute Gasteiger partial charge is 0.416 e. The molecule has 0 aliphatic carbocycles. The summed E-state index contributed by atoms with van der Waals surface area (Å²) in [5, 5.41) is 26.2. The Morgan fingerprint density at radius 1 is 0.554 bits per heavy atom. The first-order chi connectivity index (χ1) is 39.0. The molecule has 0 aliphatic heterocycles. The van der Waals surface area contributed by atoms with Crippen molar-refractivity contribution in [2.45, 2.75) is 131 Å². The van der Waals surface area contributed by atoms with Crippen molar-refractivity contribution in [1.82, 2.24) is 29.6 Å². The van der Waals surface area contributed by atoms with E-state index in [-0.39, 0.29) is 43.2 Å². The molecule has 83 heavy (non-hydrogen) atoms. The Morgan fingerprint density at radius 3 is 1.45 bits per heavy atom. The number of nitrogens with zero attached hydrogens (tertiary/aromatic N) is 4. The van der Waals surface area contributed by atoms with Crippen LogP contribution in [0.25, 0.3) is 22.3 Å².